The molecule has 2 aromatic carbocycles. The number of benzene rings is 2. The summed E-state index contributed by atoms with van der Waals surface area (Å²) in [6.07, 6.45) is 3.94. The zero-order valence-corrected chi connectivity index (χ0v) is 22.5. The minimum absolute atomic E-state index is 0.0219. The molecule has 0 amide bonds. The lowest BCUT2D eigenvalue weighted by molar-refractivity contribution is 0.0730. The number of anilines is 1. The summed E-state index contributed by atoms with van der Waals surface area (Å²) in [7, 11) is -3.65. The lowest BCUT2D eigenvalue weighted by Gasteiger charge is -2.28. The molecule has 0 spiro atoms. The van der Waals surface area contributed by atoms with Gasteiger partial charge in [-0.2, -0.15) is 4.31 Å². The molecule has 5 rings (SSSR count). The van der Waals surface area contributed by atoms with Crippen molar-refractivity contribution in [1.29, 1.82) is 0 Å². The van der Waals surface area contributed by atoms with E-state index in [1.165, 1.54) is 16.4 Å². The first-order chi connectivity index (χ1) is 17.8. The number of nitrogens with zero attached hydrogens (tertiary/aromatic N) is 4. The maximum Gasteiger partial charge on any atom is 0.243 e. The van der Waals surface area contributed by atoms with Crippen molar-refractivity contribution in [1.82, 2.24) is 8.87 Å². The Morgan fingerprint density at radius 3 is 2.41 bits per heavy atom. The number of aliphatic imine (C=N–C) groups is 1. The lowest BCUT2D eigenvalue weighted by Crippen LogP contribution is -2.40. The average Bonchev–Trinajstić information content (AvgIpc) is 3.53. The molecule has 10 heteroatoms. The molecule has 3 aromatic rings. The number of hydrogen-bond acceptors (Lipinski definition) is 5. The summed E-state index contributed by atoms with van der Waals surface area (Å²) in [6.45, 7) is 7.34. The molecule has 0 unspecified atom stereocenters. The second-order valence-electron chi connectivity index (χ2n) is 9.38. The fourth-order valence-electron chi connectivity index (χ4n) is 5.00. The zero-order valence-electron chi connectivity index (χ0n) is 21.0. The smallest absolute Gasteiger partial charge is 0.243 e. The summed E-state index contributed by atoms with van der Waals surface area (Å²) in [5.74, 6) is -0.486. The Labute approximate surface area is 222 Å². The number of rotatable bonds is 6. The van der Waals surface area contributed by atoms with Crippen LogP contribution in [0.3, 0.4) is 0 Å². The third-order valence-electron chi connectivity index (χ3n) is 6.97. The molecule has 2 saturated heterocycles. The Morgan fingerprint density at radius 1 is 0.973 bits per heavy atom. The summed E-state index contributed by atoms with van der Waals surface area (Å²) < 4.78 is 49.4. The maximum atomic E-state index is 13.5. The fourth-order valence-corrected chi connectivity index (χ4v) is 6.61. The minimum Gasteiger partial charge on any atom is -0.379 e. The maximum absolute atomic E-state index is 13.5. The van der Waals surface area contributed by atoms with Gasteiger partial charge in [-0.15, -0.1) is 0 Å². The second kappa shape index (κ2) is 10.6. The van der Waals surface area contributed by atoms with Crippen molar-refractivity contribution < 1.29 is 17.5 Å². The van der Waals surface area contributed by atoms with Crippen LogP contribution in [0.25, 0.3) is 5.69 Å². The van der Waals surface area contributed by atoms with Crippen LogP contribution in [0.5, 0.6) is 0 Å². The van der Waals surface area contributed by atoms with Gasteiger partial charge in [-0.25, -0.2) is 12.8 Å². The van der Waals surface area contributed by atoms with Crippen LogP contribution in [0.15, 0.2) is 52.4 Å². The van der Waals surface area contributed by atoms with Crippen molar-refractivity contribution in [3.8, 4) is 5.69 Å². The first-order valence-electron chi connectivity index (χ1n) is 12.4. The Morgan fingerprint density at radius 2 is 1.70 bits per heavy atom. The van der Waals surface area contributed by atoms with Gasteiger partial charge in [0, 0.05) is 49.3 Å². The fraction of sp³-hybridized carbons (Fsp3) is 0.370. The highest BCUT2D eigenvalue weighted by Crippen LogP contribution is 2.34. The summed E-state index contributed by atoms with van der Waals surface area (Å²) >= 11 is 5.91. The Kier molecular flexibility index (Phi) is 7.40. The summed E-state index contributed by atoms with van der Waals surface area (Å²) in [6, 6.07) is 11.8. The van der Waals surface area contributed by atoms with Crippen molar-refractivity contribution >= 4 is 39.2 Å². The molecular formula is C27H30ClFN4O3S. The Balaban J connectivity index is 1.57. The molecule has 2 aliphatic heterocycles. The molecule has 0 aliphatic carbocycles. The van der Waals surface area contributed by atoms with E-state index in [1.54, 1.807) is 24.4 Å². The number of aromatic nitrogens is 1. The highest BCUT2D eigenvalue weighted by molar-refractivity contribution is 7.89. The van der Waals surface area contributed by atoms with E-state index < -0.39 is 15.8 Å². The number of morpholine rings is 1. The molecule has 0 saturated carbocycles. The van der Waals surface area contributed by atoms with Crippen LogP contribution in [-0.4, -0.2) is 62.9 Å². The first-order valence-corrected chi connectivity index (χ1v) is 14.2. The van der Waals surface area contributed by atoms with Crippen LogP contribution in [0.1, 0.15) is 29.8 Å². The van der Waals surface area contributed by atoms with Crippen molar-refractivity contribution in [2.75, 3.05) is 44.3 Å². The number of hydrogen-bond donors (Lipinski definition) is 0. The molecule has 3 heterocycles. The van der Waals surface area contributed by atoms with Gasteiger partial charge < -0.3 is 14.2 Å². The summed E-state index contributed by atoms with van der Waals surface area (Å²) in [5, 5.41) is 0.0219. The summed E-state index contributed by atoms with van der Waals surface area (Å²) in [5.41, 5.74) is 5.15. The first kappa shape index (κ1) is 25.9. The van der Waals surface area contributed by atoms with Crippen LogP contribution in [0.4, 0.5) is 15.8 Å². The monoisotopic (exact) mass is 544 g/mol. The Bertz CT molecular complexity index is 1440. The van der Waals surface area contributed by atoms with Crippen molar-refractivity contribution in [2.24, 2.45) is 4.99 Å². The van der Waals surface area contributed by atoms with Crippen LogP contribution in [0, 0.1) is 19.7 Å². The van der Waals surface area contributed by atoms with Gasteiger partial charge in [0.1, 0.15) is 5.82 Å². The van der Waals surface area contributed by atoms with Gasteiger partial charge >= 0.3 is 0 Å². The molecule has 37 heavy (non-hydrogen) atoms. The number of halogens is 2. The van der Waals surface area contributed by atoms with Gasteiger partial charge in [-0.3, -0.25) is 4.99 Å². The highest BCUT2D eigenvalue weighted by atomic mass is 35.5. The second-order valence-corrected chi connectivity index (χ2v) is 11.7. The topological polar surface area (TPSA) is 67.1 Å². The van der Waals surface area contributed by atoms with Gasteiger partial charge in [0.2, 0.25) is 10.0 Å². The van der Waals surface area contributed by atoms with Crippen molar-refractivity contribution in [3.05, 3.63) is 70.3 Å². The van der Waals surface area contributed by atoms with Gasteiger partial charge in [-0.1, -0.05) is 11.6 Å². The quantitative estimate of drug-likeness (QED) is 0.397. The predicted octanol–water partition coefficient (Wildman–Crippen LogP) is 5.26. The van der Waals surface area contributed by atoms with E-state index in [1.807, 2.05) is 26.0 Å². The van der Waals surface area contributed by atoms with E-state index in [9.17, 15) is 12.8 Å². The molecule has 0 N–H and O–H groups in total. The van der Waals surface area contributed by atoms with E-state index >= 15 is 0 Å². The number of aryl methyl sites for hydroxylation is 1. The normalized spacial score (nSPS) is 17.2. The summed E-state index contributed by atoms with van der Waals surface area (Å²) in [4.78, 5) is 7.08. The van der Waals surface area contributed by atoms with Gasteiger partial charge in [0.25, 0.3) is 0 Å². The van der Waals surface area contributed by atoms with E-state index in [0.717, 1.165) is 54.3 Å². The van der Waals surface area contributed by atoms with Gasteiger partial charge in [0.05, 0.1) is 40.2 Å². The third kappa shape index (κ3) is 5.18. The van der Waals surface area contributed by atoms with Crippen LogP contribution >= 0.6 is 11.6 Å². The van der Waals surface area contributed by atoms with E-state index in [-0.39, 0.29) is 9.92 Å². The minimum atomic E-state index is -3.65. The molecule has 196 valence electrons. The zero-order chi connectivity index (χ0) is 26.2. The van der Waals surface area contributed by atoms with Crippen molar-refractivity contribution in [3.63, 3.8) is 0 Å². The van der Waals surface area contributed by atoms with E-state index in [4.69, 9.17) is 16.3 Å². The lowest BCUT2D eigenvalue weighted by atomic mass is 10.2. The largest absolute Gasteiger partial charge is 0.379 e. The molecule has 1 aromatic heterocycles. The molecular weight excluding hydrogens is 515 g/mol. The number of sulfonamides is 1. The molecule has 7 nitrogen and oxygen atoms in total. The van der Waals surface area contributed by atoms with Crippen molar-refractivity contribution in [2.45, 2.75) is 31.6 Å². The standard InChI is InChI=1S/C27H30ClFN4O3S/c1-19-15-21(18-30-22-5-7-25(29)24(28)16-22)20(2)33(19)27-17-23(6-8-26(27)31-9-3-4-10-31)37(34,35)32-11-13-36-14-12-32/h5-8,15-18H,3-4,9-14H2,1-2H3. The molecule has 2 aliphatic rings. The third-order valence-corrected chi connectivity index (χ3v) is 9.15. The number of ether oxygens (including phenoxy) is 1. The van der Waals surface area contributed by atoms with E-state index in [2.05, 4.69) is 14.5 Å². The van der Waals surface area contributed by atoms with Gasteiger partial charge in [-0.05, 0) is 69.2 Å². The molecule has 2 fully saturated rings. The van der Waals surface area contributed by atoms with Crippen LogP contribution in [0.2, 0.25) is 5.02 Å². The molecule has 0 radical (unpaired) electrons. The SMILES string of the molecule is Cc1cc(C=Nc2ccc(F)c(Cl)c2)c(C)n1-c1cc(S(=O)(=O)N2CCOCC2)ccc1N1CCCC1. The molecule has 0 bridgehead atoms. The highest BCUT2D eigenvalue weighted by Gasteiger charge is 2.28. The van der Waals surface area contributed by atoms with Crippen LogP contribution in [-0.2, 0) is 14.8 Å². The predicted molar refractivity (Wildman–Crippen MR) is 145 cm³/mol. The van der Waals surface area contributed by atoms with Crippen LogP contribution < -0.4 is 4.90 Å². The van der Waals surface area contributed by atoms with E-state index in [0.29, 0.717) is 32.0 Å². The molecule has 0 atom stereocenters. The Hall–Kier alpha value is -2.72. The van der Waals surface area contributed by atoms with Gasteiger partial charge in [0.15, 0.2) is 0 Å². The average molecular weight is 545 g/mol.